The van der Waals surface area contributed by atoms with Crippen LogP contribution < -0.4 is 5.32 Å². The predicted octanol–water partition coefficient (Wildman–Crippen LogP) is 4.71. The van der Waals surface area contributed by atoms with Gasteiger partial charge in [-0.25, -0.2) is 4.39 Å². The number of nitrogens with zero attached hydrogens (tertiary/aromatic N) is 3. The zero-order valence-corrected chi connectivity index (χ0v) is 21.6. The number of nitro groups is 1. The minimum Gasteiger partial charge on any atom is -0.379 e. The fourth-order valence-electron chi connectivity index (χ4n) is 5.15. The second-order valence-corrected chi connectivity index (χ2v) is 9.77. The van der Waals surface area contributed by atoms with Crippen LogP contribution in [-0.2, 0) is 16.1 Å². The van der Waals surface area contributed by atoms with Crippen LogP contribution in [0.15, 0.2) is 79.0 Å². The lowest BCUT2D eigenvalue weighted by Gasteiger charge is -2.26. The molecule has 39 heavy (non-hydrogen) atoms. The number of hydrogen-bond donors (Lipinski definition) is 1. The van der Waals surface area contributed by atoms with Crippen molar-refractivity contribution in [3.05, 3.63) is 112 Å². The van der Waals surface area contributed by atoms with Gasteiger partial charge in [0, 0.05) is 74.3 Å². The Kier molecular flexibility index (Phi) is 8.29. The number of nitro benzene ring substituents is 1. The van der Waals surface area contributed by atoms with E-state index in [1.165, 1.54) is 18.2 Å². The fourth-order valence-corrected chi connectivity index (χ4v) is 5.15. The minimum atomic E-state index is -0.421. The third kappa shape index (κ3) is 6.50. The Morgan fingerprint density at radius 1 is 1.05 bits per heavy atom. The standard InChI is InChI=1S/C30H31FN4O4/c31-24-8-6-23(7-9-24)26(19-30(36)32-12-13-33-14-16-39-17-15-33)28-21-34(20-22-4-2-1-3-5-22)29-11-10-25(35(37)38)18-27(28)29/h1-11,18,21,26H,12-17,19-20H2,(H,32,36). The number of amides is 1. The Balaban J connectivity index is 1.48. The lowest BCUT2D eigenvalue weighted by atomic mass is 9.88. The average Bonchev–Trinajstić information content (AvgIpc) is 3.30. The Hall–Kier alpha value is -4.08. The van der Waals surface area contributed by atoms with Crippen molar-refractivity contribution in [2.75, 3.05) is 39.4 Å². The summed E-state index contributed by atoms with van der Waals surface area (Å²) in [5.41, 5.74) is 3.45. The first-order chi connectivity index (χ1) is 19.0. The zero-order chi connectivity index (χ0) is 27.2. The number of morpholine rings is 1. The summed E-state index contributed by atoms with van der Waals surface area (Å²) < 4.78 is 21.3. The van der Waals surface area contributed by atoms with Crippen LogP contribution in [-0.4, -0.2) is 59.7 Å². The number of aromatic nitrogens is 1. The third-order valence-electron chi connectivity index (χ3n) is 7.19. The van der Waals surface area contributed by atoms with Gasteiger partial charge in [0.2, 0.25) is 5.91 Å². The van der Waals surface area contributed by atoms with Crippen molar-refractivity contribution in [1.29, 1.82) is 0 Å². The molecule has 2 heterocycles. The van der Waals surface area contributed by atoms with E-state index >= 15 is 0 Å². The van der Waals surface area contributed by atoms with Crippen molar-refractivity contribution in [2.45, 2.75) is 18.9 Å². The molecule has 9 heteroatoms. The molecule has 1 unspecified atom stereocenters. The molecule has 0 spiro atoms. The van der Waals surface area contributed by atoms with Gasteiger partial charge in [-0.3, -0.25) is 19.8 Å². The highest BCUT2D eigenvalue weighted by molar-refractivity contribution is 5.88. The van der Waals surface area contributed by atoms with Gasteiger partial charge in [-0.2, -0.15) is 0 Å². The van der Waals surface area contributed by atoms with Gasteiger partial charge >= 0.3 is 0 Å². The number of hydrogen-bond acceptors (Lipinski definition) is 5. The van der Waals surface area contributed by atoms with Gasteiger partial charge < -0.3 is 14.6 Å². The summed E-state index contributed by atoms with van der Waals surface area (Å²) in [6, 6.07) is 20.9. The molecule has 1 amide bonds. The molecule has 5 rings (SSSR count). The van der Waals surface area contributed by atoms with Crippen molar-refractivity contribution >= 4 is 22.5 Å². The summed E-state index contributed by atoms with van der Waals surface area (Å²) >= 11 is 0. The number of carbonyl (C=O) groups excluding carboxylic acids is 1. The molecule has 0 bridgehead atoms. The highest BCUT2D eigenvalue weighted by atomic mass is 19.1. The molecule has 1 aromatic heterocycles. The first-order valence-corrected chi connectivity index (χ1v) is 13.1. The Bertz CT molecular complexity index is 1430. The lowest BCUT2D eigenvalue weighted by Crippen LogP contribution is -2.41. The normalized spacial score (nSPS) is 14.8. The van der Waals surface area contributed by atoms with Crippen LogP contribution >= 0.6 is 0 Å². The molecule has 0 radical (unpaired) electrons. The average molecular weight is 531 g/mol. The maximum Gasteiger partial charge on any atom is 0.270 e. The number of carbonyl (C=O) groups is 1. The Morgan fingerprint density at radius 2 is 1.79 bits per heavy atom. The number of nitrogens with one attached hydrogen (secondary N) is 1. The smallest absolute Gasteiger partial charge is 0.270 e. The van der Waals surface area contributed by atoms with Crippen LogP contribution in [0.1, 0.15) is 29.0 Å². The molecule has 4 aromatic rings. The zero-order valence-electron chi connectivity index (χ0n) is 21.6. The summed E-state index contributed by atoms with van der Waals surface area (Å²) in [6.07, 6.45) is 2.10. The van der Waals surface area contributed by atoms with Gasteiger partial charge in [0.05, 0.1) is 18.1 Å². The van der Waals surface area contributed by atoms with Crippen LogP contribution in [0.25, 0.3) is 10.9 Å². The molecule has 1 aliphatic heterocycles. The van der Waals surface area contributed by atoms with Gasteiger partial charge in [-0.15, -0.1) is 0 Å². The molecular weight excluding hydrogens is 499 g/mol. The van der Waals surface area contributed by atoms with E-state index in [2.05, 4.69) is 14.8 Å². The molecule has 3 aromatic carbocycles. The van der Waals surface area contributed by atoms with Crippen molar-refractivity contribution in [3.63, 3.8) is 0 Å². The molecule has 8 nitrogen and oxygen atoms in total. The monoisotopic (exact) mass is 530 g/mol. The van der Waals surface area contributed by atoms with Crippen LogP contribution in [0, 0.1) is 15.9 Å². The highest BCUT2D eigenvalue weighted by Gasteiger charge is 2.24. The number of ether oxygens (including phenoxy) is 1. The molecule has 0 saturated carbocycles. The first-order valence-electron chi connectivity index (χ1n) is 13.1. The number of fused-ring (bicyclic) bond motifs is 1. The van der Waals surface area contributed by atoms with Gasteiger partial charge in [-0.05, 0) is 34.9 Å². The van der Waals surface area contributed by atoms with E-state index in [1.807, 2.05) is 36.5 Å². The van der Waals surface area contributed by atoms with Crippen molar-refractivity contribution < 1.29 is 18.8 Å². The molecule has 1 saturated heterocycles. The molecule has 1 N–H and O–H groups in total. The molecule has 0 aliphatic carbocycles. The topological polar surface area (TPSA) is 89.6 Å². The maximum atomic E-state index is 13.8. The molecule has 1 atom stereocenters. The van der Waals surface area contributed by atoms with E-state index < -0.39 is 10.8 Å². The van der Waals surface area contributed by atoms with E-state index in [4.69, 9.17) is 4.74 Å². The molecule has 202 valence electrons. The lowest BCUT2D eigenvalue weighted by molar-refractivity contribution is -0.384. The molecule has 1 fully saturated rings. The number of rotatable bonds is 10. The van der Waals surface area contributed by atoms with Gasteiger partial charge in [0.25, 0.3) is 5.69 Å². The van der Waals surface area contributed by atoms with Crippen LogP contribution in [0.2, 0.25) is 0 Å². The van der Waals surface area contributed by atoms with Gasteiger partial charge in [0.15, 0.2) is 0 Å². The van der Waals surface area contributed by atoms with Crippen molar-refractivity contribution in [1.82, 2.24) is 14.8 Å². The molecule has 1 aliphatic rings. The maximum absolute atomic E-state index is 13.8. The van der Waals surface area contributed by atoms with Crippen LogP contribution in [0.3, 0.4) is 0 Å². The summed E-state index contributed by atoms with van der Waals surface area (Å²) in [6.45, 7) is 4.88. The minimum absolute atomic E-state index is 0.0194. The van der Waals surface area contributed by atoms with E-state index in [1.54, 1.807) is 24.3 Å². The van der Waals surface area contributed by atoms with E-state index in [9.17, 15) is 19.3 Å². The van der Waals surface area contributed by atoms with E-state index in [0.29, 0.717) is 31.7 Å². The van der Waals surface area contributed by atoms with Crippen molar-refractivity contribution in [2.24, 2.45) is 0 Å². The first kappa shape index (κ1) is 26.5. The van der Waals surface area contributed by atoms with Crippen LogP contribution in [0.5, 0.6) is 0 Å². The SMILES string of the molecule is O=C(CC(c1ccc(F)cc1)c1cn(Cc2ccccc2)c2ccc([N+](=O)[O-])cc12)NCCN1CCOCC1. The summed E-state index contributed by atoms with van der Waals surface area (Å²) in [7, 11) is 0. The largest absolute Gasteiger partial charge is 0.379 e. The summed E-state index contributed by atoms with van der Waals surface area (Å²) in [5, 5.41) is 15.4. The number of non-ortho nitro benzene ring substituents is 1. The number of halogens is 1. The van der Waals surface area contributed by atoms with Crippen LogP contribution in [0.4, 0.5) is 10.1 Å². The Labute approximate surface area is 226 Å². The van der Waals surface area contributed by atoms with Gasteiger partial charge in [0.1, 0.15) is 5.82 Å². The fraction of sp³-hybridized carbons (Fsp3) is 0.300. The van der Waals surface area contributed by atoms with Crippen molar-refractivity contribution in [3.8, 4) is 0 Å². The van der Waals surface area contributed by atoms with E-state index in [0.717, 1.165) is 41.8 Å². The second-order valence-electron chi connectivity index (χ2n) is 9.77. The molecular formula is C30H31FN4O4. The quantitative estimate of drug-likeness (QED) is 0.237. The highest BCUT2D eigenvalue weighted by Crippen LogP contribution is 2.37. The van der Waals surface area contributed by atoms with Gasteiger partial charge in [-0.1, -0.05) is 42.5 Å². The van der Waals surface area contributed by atoms with E-state index in [-0.39, 0.29) is 23.8 Å². The summed E-state index contributed by atoms with van der Waals surface area (Å²) in [4.78, 5) is 26.6. The third-order valence-corrected chi connectivity index (χ3v) is 7.19. The second kappa shape index (κ2) is 12.2. The number of benzene rings is 3. The summed E-state index contributed by atoms with van der Waals surface area (Å²) in [5.74, 6) is -0.919. The predicted molar refractivity (Wildman–Crippen MR) is 147 cm³/mol. The Morgan fingerprint density at radius 3 is 2.51 bits per heavy atom.